The minimum Gasteiger partial charge on any atom is -0.478 e. The Bertz CT molecular complexity index is 465. The molecule has 0 aliphatic heterocycles. The van der Waals surface area contributed by atoms with Gasteiger partial charge in [0.15, 0.2) is 0 Å². The van der Waals surface area contributed by atoms with Gasteiger partial charge in [0.2, 0.25) is 0 Å². The summed E-state index contributed by atoms with van der Waals surface area (Å²) in [5, 5.41) is 11.9. The zero-order chi connectivity index (χ0) is 13.7. The molecule has 0 spiro atoms. The largest absolute Gasteiger partial charge is 0.478 e. The average molecular weight is 332 g/mol. The van der Waals surface area contributed by atoms with Crippen molar-refractivity contribution in [3.8, 4) is 0 Å². The summed E-state index contributed by atoms with van der Waals surface area (Å²) in [5.41, 5.74) is 0.163. The van der Waals surface area contributed by atoms with E-state index in [2.05, 4.69) is 21.2 Å². The van der Waals surface area contributed by atoms with E-state index in [4.69, 9.17) is 5.11 Å². The third-order valence-corrected chi connectivity index (χ3v) is 3.76. The van der Waals surface area contributed by atoms with E-state index >= 15 is 0 Å². The van der Waals surface area contributed by atoms with Gasteiger partial charge in [-0.15, -0.1) is 0 Å². The van der Waals surface area contributed by atoms with Crippen molar-refractivity contribution in [1.29, 1.82) is 0 Å². The van der Waals surface area contributed by atoms with Crippen molar-refractivity contribution in [3.63, 3.8) is 0 Å². The molecule has 2 N–H and O–H groups in total. The lowest BCUT2D eigenvalue weighted by atomic mass is 10.1. The monoisotopic (exact) mass is 331 g/mol. The summed E-state index contributed by atoms with van der Waals surface area (Å²) in [6, 6.07) is 4.65. The van der Waals surface area contributed by atoms with Gasteiger partial charge in [-0.3, -0.25) is 4.79 Å². The van der Waals surface area contributed by atoms with Gasteiger partial charge in [0, 0.05) is 16.3 Å². The normalized spacial score (nSPS) is 11.9. The molecule has 6 heteroatoms. The standard InChI is InChI=1S/C12H14BrNO3S/c1-7(6-18-2)14-11(15)10-8(12(16)17)4-3-5-9(10)13/h3-5,7H,6H2,1-2H3,(H,14,15)(H,16,17). The summed E-state index contributed by atoms with van der Waals surface area (Å²) in [6.45, 7) is 1.88. The SMILES string of the molecule is CSCC(C)NC(=O)c1c(Br)cccc1C(=O)O. The van der Waals surface area contributed by atoms with Crippen LogP contribution in [0.15, 0.2) is 22.7 Å². The zero-order valence-corrected chi connectivity index (χ0v) is 12.5. The number of hydrogen-bond donors (Lipinski definition) is 2. The Labute approximate surface area is 118 Å². The number of thioether (sulfide) groups is 1. The maximum absolute atomic E-state index is 12.1. The fourth-order valence-corrected chi connectivity index (χ4v) is 2.65. The van der Waals surface area contributed by atoms with Crippen LogP contribution in [-0.4, -0.2) is 35.0 Å². The average Bonchev–Trinajstić information content (AvgIpc) is 2.28. The molecule has 1 amide bonds. The van der Waals surface area contributed by atoms with Crippen LogP contribution in [0.4, 0.5) is 0 Å². The first-order chi connectivity index (χ1) is 8.47. The molecule has 1 atom stereocenters. The Hall–Kier alpha value is -1.01. The number of carbonyl (C=O) groups is 2. The number of rotatable bonds is 5. The molecule has 0 heterocycles. The lowest BCUT2D eigenvalue weighted by Gasteiger charge is -2.14. The summed E-state index contributed by atoms with van der Waals surface area (Å²) in [6.07, 6.45) is 1.95. The Morgan fingerprint density at radius 1 is 1.50 bits per heavy atom. The van der Waals surface area contributed by atoms with E-state index in [0.717, 1.165) is 5.75 Å². The Kier molecular flexibility index (Phi) is 5.68. The van der Waals surface area contributed by atoms with E-state index in [1.807, 2.05) is 13.2 Å². The minimum absolute atomic E-state index is 0.00164. The van der Waals surface area contributed by atoms with Crippen LogP contribution in [-0.2, 0) is 0 Å². The van der Waals surface area contributed by atoms with Crippen molar-refractivity contribution < 1.29 is 14.7 Å². The Balaban J connectivity index is 3.01. The second-order valence-electron chi connectivity index (χ2n) is 3.80. The van der Waals surface area contributed by atoms with Gasteiger partial charge in [-0.2, -0.15) is 11.8 Å². The van der Waals surface area contributed by atoms with Crippen LogP contribution in [0.3, 0.4) is 0 Å². The number of carboxylic acid groups (broad SMARTS) is 1. The summed E-state index contributed by atoms with van der Waals surface area (Å²) in [7, 11) is 0. The van der Waals surface area contributed by atoms with Gasteiger partial charge in [-0.05, 0) is 41.2 Å². The second-order valence-corrected chi connectivity index (χ2v) is 5.56. The Morgan fingerprint density at radius 3 is 2.72 bits per heavy atom. The van der Waals surface area contributed by atoms with E-state index in [9.17, 15) is 9.59 Å². The van der Waals surface area contributed by atoms with Crippen LogP contribution in [0.2, 0.25) is 0 Å². The van der Waals surface area contributed by atoms with E-state index in [0.29, 0.717) is 4.47 Å². The number of halogens is 1. The lowest BCUT2D eigenvalue weighted by Crippen LogP contribution is -2.35. The van der Waals surface area contributed by atoms with Crippen molar-refractivity contribution in [2.45, 2.75) is 13.0 Å². The molecule has 0 radical (unpaired) electrons. The first-order valence-corrected chi connectivity index (χ1v) is 7.47. The van der Waals surface area contributed by atoms with Crippen molar-refractivity contribution in [1.82, 2.24) is 5.32 Å². The molecule has 0 saturated carbocycles. The number of benzene rings is 1. The first-order valence-electron chi connectivity index (χ1n) is 5.29. The summed E-state index contributed by atoms with van der Waals surface area (Å²) >= 11 is 4.83. The molecule has 98 valence electrons. The highest BCUT2D eigenvalue weighted by molar-refractivity contribution is 9.10. The van der Waals surface area contributed by atoms with Gasteiger partial charge in [-0.1, -0.05) is 6.07 Å². The van der Waals surface area contributed by atoms with E-state index in [-0.39, 0.29) is 23.1 Å². The molecule has 1 unspecified atom stereocenters. The minimum atomic E-state index is -1.11. The van der Waals surface area contributed by atoms with Crippen LogP contribution in [0.5, 0.6) is 0 Å². The molecular weight excluding hydrogens is 318 g/mol. The van der Waals surface area contributed by atoms with Gasteiger partial charge < -0.3 is 10.4 Å². The quantitative estimate of drug-likeness (QED) is 0.870. The van der Waals surface area contributed by atoms with E-state index in [1.165, 1.54) is 6.07 Å². The predicted molar refractivity (Wildman–Crippen MR) is 76.4 cm³/mol. The molecule has 1 aromatic carbocycles. The summed E-state index contributed by atoms with van der Waals surface area (Å²) in [4.78, 5) is 23.1. The molecule has 0 aliphatic carbocycles. The van der Waals surface area contributed by atoms with Crippen molar-refractivity contribution in [2.75, 3.05) is 12.0 Å². The summed E-state index contributed by atoms with van der Waals surface area (Å²) in [5.74, 6) is -0.709. The summed E-state index contributed by atoms with van der Waals surface area (Å²) < 4.78 is 0.483. The van der Waals surface area contributed by atoms with Crippen LogP contribution in [0, 0.1) is 0 Å². The highest BCUT2D eigenvalue weighted by Crippen LogP contribution is 2.21. The predicted octanol–water partition coefficient (Wildman–Crippen LogP) is 2.63. The first kappa shape index (κ1) is 15.0. The smallest absolute Gasteiger partial charge is 0.336 e. The molecule has 1 aromatic rings. The lowest BCUT2D eigenvalue weighted by molar-refractivity contribution is 0.0690. The molecule has 1 rings (SSSR count). The number of carboxylic acids is 1. The molecule has 0 fully saturated rings. The van der Waals surface area contributed by atoms with E-state index in [1.54, 1.807) is 23.9 Å². The molecular formula is C12H14BrNO3S. The topological polar surface area (TPSA) is 66.4 Å². The van der Waals surface area contributed by atoms with Crippen LogP contribution in [0.25, 0.3) is 0 Å². The number of amides is 1. The van der Waals surface area contributed by atoms with Gasteiger partial charge in [0.1, 0.15) is 0 Å². The molecule has 0 bridgehead atoms. The van der Waals surface area contributed by atoms with Gasteiger partial charge >= 0.3 is 5.97 Å². The fourth-order valence-electron chi connectivity index (χ4n) is 1.52. The third kappa shape index (κ3) is 3.74. The van der Waals surface area contributed by atoms with Gasteiger partial charge in [0.25, 0.3) is 5.91 Å². The highest BCUT2D eigenvalue weighted by atomic mass is 79.9. The van der Waals surface area contributed by atoms with Crippen LogP contribution in [0.1, 0.15) is 27.6 Å². The van der Waals surface area contributed by atoms with Crippen LogP contribution < -0.4 is 5.32 Å². The molecule has 18 heavy (non-hydrogen) atoms. The number of carbonyl (C=O) groups excluding carboxylic acids is 1. The highest BCUT2D eigenvalue weighted by Gasteiger charge is 2.20. The van der Waals surface area contributed by atoms with Crippen molar-refractivity contribution in [3.05, 3.63) is 33.8 Å². The molecule has 0 saturated heterocycles. The van der Waals surface area contributed by atoms with Crippen molar-refractivity contribution >= 4 is 39.6 Å². The molecule has 4 nitrogen and oxygen atoms in total. The second kappa shape index (κ2) is 6.80. The number of hydrogen-bond acceptors (Lipinski definition) is 3. The molecule has 0 aliphatic rings. The number of nitrogens with one attached hydrogen (secondary N) is 1. The maximum atomic E-state index is 12.1. The Morgan fingerprint density at radius 2 is 2.17 bits per heavy atom. The van der Waals surface area contributed by atoms with Gasteiger partial charge in [0.05, 0.1) is 11.1 Å². The fraction of sp³-hybridized carbons (Fsp3) is 0.333. The van der Waals surface area contributed by atoms with Crippen molar-refractivity contribution in [2.24, 2.45) is 0 Å². The number of aromatic carboxylic acids is 1. The maximum Gasteiger partial charge on any atom is 0.336 e. The van der Waals surface area contributed by atoms with E-state index < -0.39 is 5.97 Å². The molecule has 0 aromatic heterocycles. The van der Waals surface area contributed by atoms with Gasteiger partial charge in [-0.25, -0.2) is 4.79 Å². The third-order valence-electron chi connectivity index (χ3n) is 2.27. The van der Waals surface area contributed by atoms with Crippen LogP contribution >= 0.6 is 27.7 Å². The zero-order valence-electron chi connectivity index (χ0n) is 10.1.